The van der Waals surface area contributed by atoms with Gasteiger partial charge in [0.25, 0.3) is 0 Å². The predicted octanol–water partition coefficient (Wildman–Crippen LogP) is 1.51. The van der Waals surface area contributed by atoms with Crippen molar-refractivity contribution in [3.05, 3.63) is 0 Å². The molecule has 0 spiro atoms. The molecule has 0 aromatic heterocycles. The Bertz CT molecular complexity index is 262. The number of hydrogen-bond donors (Lipinski definition) is 1. The van der Waals surface area contributed by atoms with Gasteiger partial charge in [-0.2, -0.15) is 0 Å². The molecule has 0 aromatic carbocycles. The largest absolute Gasteiger partial charge is 0.469 e. The van der Waals surface area contributed by atoms with Crippen LogP contribution in [0.3, 0.4) is 0 Å². The van der Waals surface area contributed by atoms with Gasteiger partial charge in [-0.05, 0) is 20.3 Å². The number of hydrogen-bond acceptors (Lipinski definition) is 4. The lowest BCUT2D eigenvalue weighted by atomic mass is 9.74. The fourth-order valence-electron chi connectivity index (χ4n) is 2.59. The van der Waals surface area contributed by atoms with Crippen molar-refractivity contribution in [2.75, 3.05) is 13.7 Å². The van der Waals surface area contributed by atoms with Crippen LogP contribution in [-0.2, 0) is 14.3 Å². The highest BCUT2D eigenvalue weighted by atomic mass is 16.5. The van der Waals surface area contributed by atoms with Crippen molar-refractivity contribution in [3.8, 4) is 0 Å². The van der Waals surface area contributed by atoms with Gasteiger partial charge in [-0.3, -0.25) is 4.79 Å². The van der Waals surface area contributed by atoms with Crippen molar-refractivity contribution in [1.29, 1.82) is 0 Å². The number of carbonyl (C=O) groups is 1. The van der Waals surface area contributed by atoms with E-state index in [1.807, 2.05) is 20.8 Å². The van der Waals surface area contributed by atoms with Gasteiger partial charge in [-0.15, -0.1) is 0 Å². The van der Waals surface area contributed by atoms with E-state index in [2.05, 4.69) is 0 Å². The summed E-state index contributed by atoms with van der Waals surface area (Å²) in [4.78, 5) is 11.6. The third-order valence-electron chi connectivity index (χ3n) is 3.30. The second kappa shape index (κ2) is 4.72. The summed E-state index contributed by atoms with van der Waals surface area (Å²) in [7, 11) is 1.36. The summed E-state index contributed by atoms with van der Waals surface area (Å²) in [5.41, 5.74) is -1.38. The molecule has 2 atom stereocenters. The maximum Gasteiger partial charge on any atom is 0.311 e. The van der Waals surface area contributed by atoms with Crippen molar-refractivity contribution < 1.29 is 19.4 Å². The molecule has 0 radical (unpaired) electrons. The summed E-state index contributed by atoms with van der Waals surface area (Å²) >= 11 is 0. The summed E-state index contributed by atoms with van der Waals surface area (Å²) < 4.78 is 10.3. The summed E-state index contributed by atoms with van der Waals surface area (Å²) in [6.45, 7) is 6.24. The molecule has 1 heterocycles. The van der Waals surface area contributed by atoms with Crippen LogP contribution in [0.15, 0.2) is 0 Å². The molecule has 0 bridgehead atoms. The fourth-order valence-corrected chi connectivity index (χ4v) is 2.59. The first-order valence-electron chi connectivity index (χ1n) is 5.79. The van der Waals surface area contributed by atoms with Gasteiger partial charge >= 0.3 is 5.97 Å². The van der Waals surface area contributed by atoms with Gasteiger partial charge in [0.15, 0.2) is 0 Å². The minimum atomic E-state index is -0.996. The molecule has 0 aliphatic carbocycles. The molecule has 16 heavy (non-hydrogen) atoms. The van der Waals surface area contributed by atoms with E-state index in [1.54, 1.807) is 0 Å². The van der Waals surface area contributed by atoms with Crippen LogP contribution >= 0.6 is 0 Å². The molecule has 1 N–H and O–H groups in total. The van der Waals surface area contributed by atoms with E-state index in [-0.39, 0.29) is 11.6 Å². The molecule has 94 valence electrons. The number of ether oxygens (including phenoxy) is 2. The van der Waals surface area contributed by atoms with Crippen LogP contribution in [0.25, 0.3) is 0 Å². The summed E-state index contributed by atoms with van der Waals surface area (Å²) in [5, 5.41) is 10.6. The Morgan fingerprint density at radius 1 is 1.56 bits per heavy atom. The zero-order valence-electron chi connectivity index (χ0n) is 10.6. The highest BCUT2D eigenvalue weighted by Gasteiger charge is 2.47. The Hall–Kier alpha value is -0.610. The number of rotatable bonds is 3. The minimum absolute atomic E-state index is 0.331. The Balaban J connectivity index is 2.85. The van der Waals surface area contributed by atoms with Crippen molar-refractivity contribution in [3.63, 3.8) is 0 Å². The Morgan fingerprint density at radius 2 is 2.19 bits per heavy atom. The molecule has 0 saturated carbocycles. The van der Waals surface area contributed by atoms with Crippen molar-refractivity contribution in [2.45, 2.75) is 51.2 Å². The third-order valence-corrected chi connectivity index (χ3v) is 3.30. The average Bonchev–Trinajstić information content (AvgIpc) is 2.15. The van der Waals surface area contributed by atoms with E-state index in [0.29, 0.717) is 25.9 Å². The van der Waals surface area contributed by atoms with Crippen molar-refractivity contribution in [2.24, 2.45) is 5.92 Å². The van der Waals surface area contributed by atoms with E-state index in [1.165, 1.54) is 7.11 Å². The van der Waals surface area contributed by atoms with E-state index < -0.39 is 11.5 Å². The summed E-state index contributed by atoms with van der Waals surface area (Å²) in [6.07, 6.45) is 1.54. The molecular weight excluding hydrogens is 208 g/mol. The molecule has 1 aliphatic heterocycles. The van der Waals surface area contributed by atoms with Crippen LogP contribution in [-0.4, -0.2) is 36.0 Å². The first kappa shape index (κ1) is 13.5. The SMILES string of the molecule is CCC(C(=O)OC)C1(O)CCOC(C)(C)C1. The zero-order chi connectivity index (χ0) is 12.4. The lowest BCUT2D eigenvalue weighted by molar-refractivity contribution is -0.184. The smallest absolute Gasteiger partial charge is 0.311 e. The van der Waals surface area contributed by atoms with E-state index >= 15 is 0 Å². The van der Waals surface area contributed by atoms with Crippen LogP contribution < -0.4 is 0 Å². The Morgan fingerprint density at radius 3 is 2.62 bits per heavy atom. The number of esters is 1. The monoisotopic (exact) mass is 230 g/mol. The van der Waals surface area contributed by atoms with Gasteiger partial charge < -0.3 is 14.6 Å². The molecule has 1 aliphatic rings. The van der Waals surface area contributed by atoms with Crippen LogP contribution in [0.1, 0.15) is 40.0 Å². The van der Waals surface area contributed by atoms with Gasteiger partial charge in [-0.1, -0.05) is 6.92 Å². The lowest BCUT2D eigenvalue weighted by Crippen LogP contribution is -2.52. The molecule has 1 fully saturated rings. The van der Waals surface area contributed by atoms with Crippen LogP contribution in [0, 0.1) is 5.92 Å². The molecule has 0 amide bonds. The van der Waals surface area contributed by atoms with Crippen LogP contribution in [0.2, 0.25) is 0 Å². The lowest BCUT2D eigenvalue weighted by Gasteiger charge is -2.44. The quantitative estimate of drug-likeness (QED) is 0.747. The second-order valence-electron chi connectivity index (χ2n) is 5.12. The number of carbonyl (C=O) groups excluding carboxylic acids is 1. The molecule has 4 heteroatoms. The average molecular weight is 230 g/mol. The zero-order valence-corrected chi connectivity index (χ0v) is 10.6. The predicted molar refractivity (Wildman–Crippen MR) is 60.0 cm³/mol. The van der Waals surface area contributed by atoms with Gasteiger partial charge in [0.1, 0.15) is 0 Å². The normalized spacial score (nSPS) is 30.8. The van der Waals surface area contributed by atoms with Crippen LogP contribution in [0.4, 0.5) is 0 Å². The van der Waals surface area contributed by atoms with Gasteiger partial charge in [0.2, 0.25) is 0 Å². The topological polar surface area (TPSA) is 55.8 Å². The number of methoxy groups -OCH3 is 1. The van der Waals surface area contributed by atoms with Crippen LogP contribution in [0.5, 0.6) is 0 Å². The highest BCUT2D eigenvalue weighted by molar-refractivity contribution is 5.73. The highest BCUT2D eigenvalue weighted by Crippen LogP contribution is 2.38. The van der Waals surface area contributed by atoms with E-state index in [9.17, 15) is 9.90 Å². The Labute approximate surface area is 96.9 Å². The van der Waals surface area contributed by atoms with Gasteiger partial charge in [-0.25, -0.2) is 0 Å². The first-order chi connectivity index (χ1) is 7.34. The summed E-state index contributed by atoms with van der Waals surface area (Å²) in [5.74, 6) is -0.789. The molecule has 2 unspecified atom stereocenters. The molecule has 1 saturated heterocycles. The molecule has 4 nitrogen and oxygen atoms in total. The third kappa shape index (κ3) is 2.74. The molecule has 1 rings (SSSR count). The van der Waals surface area contributed by atoms with Gasteiger partial charge in [0.05, 0.1) is 30.8 Å². The van der Waals surface area contributed by atoms with Gasteiger partial charge in [0, 0.05) is 12.8 Å². The maximum atomic E-state index is 11.6. The minimum Gasteiger partial charge on any atom is -0.469 e. The molecular formula is C12H22O4. The second-order valence-corrected chi connectivity index (χ2v) is 5.12. The van der Waals surface area contributed by atoms with Crippen molar-refractivity contribution in [1.82, 2.24) is 0 Å². The maximum absolute atomic E-state index is 11.6. The standard InChI is InChI=1S/C12H22O4/c1-5-9(10(13)15-4)12(14)6-7-16-11(2,3)8-12/h9,14H,5-8H2,1-4H3. The van der Waals surface area contributed by atoms with E-state index in [4.69, 9.17) is 9.47 Å². The number of aliphatic hydroxyl groups is 1. The fraction of sp³-hybridized carbons (Fsp3) is 0.917. The Kier molecular flexibility index (Phi) is 3.97. The van der Waals surface area contributed by atoms with Crippen molar-refractivity contribution >= 4 is 5.97 Å². The first-order valence-corrected chi connectivity index (χ1v) is 5.79. The summed E-state index contributed by atoms with van der Waals surface area (Å²) in [6, 6.07) is 0. The van der Waals surface area contributed by atoms with E-state index in [0.717, 1.165) is 0 Å². The molecule has 0 aromatic rings.